The highest BCUT2D eigenvalue weighted by Gasteiger charge is 2.28. The highest BCUT2D eigenvalue weighted by Crippen LogP contribution is 2.34. The lowest BCUT2D eigenvalue weighted by molar-refractivity contribution is 0.0235. The van der Waals surface area contributed by atoms with Gasteiger partial charge >= 0.3 is 6.09 Å². The molecule has 1 heterocycles. The highest BCUT2D eigenvalue weighted by molar-refractivity contribution is 6.31. The number of rotatable bonds is 1. The zero-order chi connectivity index (χ0) is 16.5. The lowest BCUT2D eigenvalue weighted by atomic mass is 9.99. The second-order valence-electron chi connectivity index (χ2n) is 6.47. The summed E-state index contributed by atoms with van der Waals surface area (Å²) < 4.78 is 10.7. The predicted molar refractivity (Wildman–Crippen MR) is 86.2 cm³/mol. The van der Waals surface area contributed by atoms with Crippen molar-refractivity contribution in [2.24, 2.45) is 5.73 Å². The minimum Gasteiger partial charge on any atom is -0.497 e. The number of carbonyl (C=O) groups excluding carboxylic acids is 1. The number of ether oxygens (including phenoxy) is 2. The van der Waals surface area contributed by atoms with Gasteiger partial charge in [0, 0.05) is 17.6 Å². The number of nitrogens with two attached hydrogens (primary N) is 1. The number of hydrogen-bond donors (Lipinski definition) is 1. The van der Waals surface area contributed by atoms with E-state index in [4.69, 9.17) is 26.8 Å². The van der Waals surface area contributed by atoms with E-state index in [1.54, 1.807) is 18.1 Å². The first kappa shape index (κ1) is 16.9. The van der Waals surface area contributed by atoms with Crippen LogP contribution in [0, 0.1) is 0 Å². The van der Waals surface area contributed by atoms with Crippen LogP contribution in [0.15, 0.2) is 12.1 Å². The maximum Gasteiger partial charge on any atom is 0.410 e. The summed E-state index contributed by atoms with van der Waals surface area (Å²) in [5.74, 6) is 0.671. The first-order chi connectivity index (χ1) is 10.2. The van der Waals surface area contributed by atoms with Crippen LogP contribution in [0.25, 0.3) is 0 Å². The van der Waals surface area contributed by atoms with Crippen LogP contribution in [-0.4, -0.2) is 30.2 Å². The zero-order valence-corrected chi connectivity index (χ0v) is 14.2. The van der Waals surface area contributed by atoms with Crippen LogP contribution in [-0.2, 0) is 11.3 Å². The van der Waals surface area contributed by atoms with Crippen LogP contribution in [0.3, 0.4) is 0 Å². The van der Waals surface area contributed by atoms with Gasteiger partial charge in [-0.05, 0) is 50.5 Å². The van der Waals surface area contributed by atoms with Crippen molar-refractivity contribution in [3.63, 3.8) is 0 Å². The maximum absolute atomic E-state index is 12.3. The molecule has 122 valence electrons. The Bertz CT molecular complexity index is 569. The third-order valence-electron chi connectivity index (χ3n) is 3.55. The van der Waals surface area contributed by atoms with E-state index in [0.717, 1.165) is 11.1 Å². The Hall–Kier alpha value is -1.46. The van der Waals surface area contributed by atoms with E-state index in [2.05, 4.69) is 0 Å². The van der Waals surface area contributed by atoms with E-state index in [9.17, 15) is 4.79 Å². The molecule has 1 atom stereocenters. The van der Waals surface area contributed by atoms with Crippen molar-refractivity contribution in [3.8, 4) is 5.75 Å². The second-order valence-corrected chi connectivity index (χ2v) is 6.88. The van der Waals surface area contributed by atoms with Gasteiger partial charge in [-0.25, -0.2) is 4.79 Å². The molecule has 0 saturated carbocycles. The van der Waals surface area contributed by atoms with Crippen LogP contribution in [0.5, 0.6) is 5.75 Å². The van der Waals surface area contributed by atoms with Gasteiger partial charge in [-0.2, -0.15) is 0 Å². The van der Waals surface area contributed by atoms with Crippen LogP contribution in [0.4, 0.5) is 4.79 Å². The highest BCUT2D eigenvalue weighted by atomic mass is 35.5. The van der Waals surface area contributed by atoms with Crippen LogP contribution in [0.1, 0.15) is 44.4 Å². The van der Waals surface area contributed by atoms with Gasteiger partial charge in [-0.15, -0.1) is 0 Å². The molecule has 0 unspecified atom stereocenters. The second kappa shape index (κ2) is 6.34. The quantitative estimate of drug-likeness (QED) is 0.858. The number of hydrogen-bond acceptors (Lipinski definition) is 4. The van der Waals surface area contributed by atoms with Gasteiger partial charge in [0.2, 0.25) is 0 Å². The third kappa shape index (κ3) is 3.84. The van der Waals surface area contributed by atoms with Crippen LogP contribution in [0.2, 0.25) is 5.02 Å². The summed E-state index contributed by atoms with van der Waals surface area (Å²) in [6.45, 7) is 6.46. The summed E-state index contributed by atoms with van der Waals surface area (Å²) in [6, 6.07) is 3.45. The minimum atomic E-state index is -0.530. The molecule has 22 heavy (non-hydrogen) atoms. The summed E-state index contributed by atoms with van der Waals surface area (Å²) in [7, 11) is 1.59. The van der Waals surface area contributed by atoms with Crippen molar-refractivity contribution in [2.45, 2.75) is 45.4 Å². The summed E-state index contributed by atoms with van der Waals surface area (Å²) in [5.41, 5.74) is 7.49. The maximum atomic E-state index is 12.3. The molecule has 1 aromatic carbocycles. The third-order valence-corrected chi connectivity index (χ3v) is 3.89. The monoisotopic (exact) mass is 326 g/mol. The fourth-order valence-corrected chi connectivity index (χ4v) is 2.73. The van der Waals surface area contributed by atoms with Crippen molar-refractivity contribution in [3.05, 3.63) is 28.3 Å². The van der Waals surface area contributed by atoms with E-state index in [1.807, 2.05) is 26.8 Å². The molecule has 5 nitrogen and oxygen atoms in total. The Morgan fingerprint density at radius 1 is 1.41 bits per heavy atom. The van der Waals surface area contributed by atoms with Gasteiger partial charge in [0.1, 0.15) is 11.4 Å². The van der Waals surface area contributed by atoms with Crippen molar-refractivity contribution < 1.29 is 14.3 Å². The summed E-state index contributed by atoms with van der Waals surface area (Å²) >= 11 is 6.35. The number of benzene rings is 1. The standard InChI is InChI=1S/C16H23ClN2O3/c1-16(2,3)22-15(20)19-6-5-14(18)11-7-10(21-4)8-13(17)12(11)9-19/h7-8,14H,5-6,9,18H2,1-4H3/t14-/m1/s1. The minimum absolute atomic E-state index is 0.185. The summed E-state index contributed by atoms with van der Waals surface area (Å²) in [6.07, 6.45) is 0.301. The molecule has 1 aliphatic rings. The molecule has 0 radical (unpaired) electrons. The molecule has 1 aliphatic heterocycles. The van der Waals surface area contributed by atoms with Crippen molar-refractivity contribution in [1.29, 1.82) is 0 Å². The molecule has 6 heteroatoms. The van der Waals surface area contributed by atoms with Crippen LogP contribution >= 0.6 is 11.6 Å². The number of halogens is 1. The molecule has 1 amide bonds. The Kier molecular flexibility index (Phi) is 4.87. The predicted octanol–water partition coefficient (Wildman–Crippen LogP) is 3.49. The van der Waals surface area contributed by atoms with Crippen molar-refractivity contribution >= 4 is 17.7 Å². The van der Waals surface area contributed by atoms with Gasteiger partial charge < -0.3 is 20.1 Å². The largest absolute Gasteiger partial charge is 0.497 e. The fourth-order valence-electron chi connectivity index (χ4n) is 2.45. The number of nitrogens with zero attached hydrogens (tertiary/aromatic N) is 1. The molecular formula is C16H23ClN2O3. The molecular weight excluding hydrogens is 304 g/mol. The van der Waals surface area contributed by atoms with Gasteiger partial charge in [-0.1, -0.05) is 11.6 Å². The molecule has 0 fully saturated rings. The molecule has 2 N–H and O–H groups in total. The molecule has 0 saturated heterocycles. The molecule has 0 bridgehead atoms. The average molecular weight is 327 g/mol. The summed E-state index contributed by atoms with van der Waals surface area (Å²) in [5, 5.41) is 0.556. The lowest BCUT2D eigenvalue weighted by Gasteiger charge is -2.26. The SMILES string of the molecule is COc1cc(Cl)c2c(c1)[C@H](N)CCN(C(=O)OC(C)(C)C)C2. The van der Waals surface area contributed by atoms with E-state index >= 15 is 0 Å². The Morgan fingerprint density at radius 2 is 2.09 bits per heavy atom. The fraction of sp³-hybridized carbons (Fsp3) is 0.562. The number of methoxy groups -OCH3 is 1. The first-order valence-electron chi connectivity index (χ1n) is 7.31. The van der Waals surface area contributed by atoms with Crippen molar-refractivity contribution in [1.82, 2.24) is 4.90 Å². The van der Waals surface area contributed by atoms with Crippen LogP contribution < -0.4 is 10.5 Å². The Labute approximate surface area is 136 Å². The topological polar surface area (TPSA) is 64.8 Å². The van der Waals surface area contributed by atoms with Gasteiger partial charge in [0.15, 0.2) is 0 Å². The lowest BCUT2D eigenvalue weighted by Crippen LogP contribution is -2.36. The molecule has 0 aliphatic carbocycles. The average Bonchev–Trinajstić information content (AvgIpc) is 2.57. The molecule has 0 aromatic heterocycles. The number of carbonyl (C=O) groups is 1. The molecule has 2 rings (SSSR count). The Balaban J connectivity index is 2.30. The Morgan fingerprint density at radius 3 is 2.68 bits per heavy atom. The smallest absolute Gasteiger partial charge is 0.410 e. The summed E-state index contributed by atoms with van der Waals surface area (Å²) in [4.78, 5) is 14.0. The van der Waals surface area contributed by atoms with E-state index in [-0.39, 0.29) is 12.1 Å². The van der Waals surface area contributed by atoms with Gasteiger partial charge in [0.05, 0.1) is 13.7 Å². The first-order valence-corrected chi connectivity index (χ1v) is 7.69. The normalized spacial score (nSPS) is 18.5. The van der Waals surface area contributed by atoms with E-state index < -0.39 is 5.60 Å². The van der Waals surface area contributed by atoms with Gasteiger partial charge in [0.25, 0.3) is 0 Å². The molecule has 0 spiro atoms. The number of amides is 1. The van der Waals surface area contributed by atoms with E-state index in [0.29, 0.717) is 30.3 Å². The van der Waals surface area contributed by atoms with E-state index in [1.165, 1.54) is 0 Å². The van der Waals surface area contributed by atoms with Gasteiger partial charge in [-0.3, -0.25) is 0 Å². The zero-order valence-electron chi connectivity index (χ0n) is 13.5. The number of fused-ring (bicyclic) bond motifs is 1. The van der Waals surface area contributed by atoms with Crippen molar-refractivity contribution in [2.75, 3.05) is 13.7 Å². The molecule has 1 aromatic rings.